The van der Waals surface area contributed by atoms with Crippen molar-refractivity contribution >= 4 is 14.3 Å². The summed E-state index contributed by atoms with van der Waals surface area (Å²) in [6.45, 7) is 10.9. The first-order chi connectivity index (χ1) is 7.08. The van der Waals surface area contributed by atoms with Crippen LogP contribution in [0, 0.1) is 0 Å². The quantitative estimate of drug-likeness (QED) is 0.461. The minimum Gasteiger partial charge on any atom is -0.476 e. The van der Waals surface area contributed by atoms with Crippen molar-refractivity contribution in [2.45, 2.75) is 45.3 Å². The van der Waals surface area contributed by atoms with E-state index >= 15 is 0 Å². The Balaban J connectivity index is 4.10. The first kappa shape index (κ1) is 15.3. The van der Waals surface area contributed by atoms with Crippen LogP contribution in [0.5, 0.6) is 0 Å². The third-order valence-electron chi connectivity index (χ3n) is 2.91. The molecule has 0 spiro atoms. The molecule has 0 saturated carbocycles. The second-order valence-electron chi connectivity index (χ2n) is 5.25. The molecule has 0 saturated heterocycles. The molecule has 0 aromatic rings. The van der Waals surface area contributed by atoms with Crippen LogP contribution in [0.25, 0.3) is 0 Å². The van der Waals surface area contributed by atoms with Crippen molar-refractivity contribution in [2.24, 2.45) is 0 Å². The number of hydrogen-bond acceptors (Lipinski definition) is 2. The van der Waals surface area contributed by atoms with E-state index in [-0.39, 0.29) is 5.04 Å². The molecule has 0 heterocycles. The van der Waals surface area contributed by atoms with E-state index in [0.717, 1.165) is 6.08 Å². The normalized spacial score (nSPS) is 14.0. The molecule has 5 heteroatoms. The summed E-state index contributed by atoms with van der Waals surface area (Å²) in [5.74, 6) is -2.63. The smallest absolute Gasteiger partial charge is 0.364 e. The maximum absolute atomic E-state index is 12.6. The molecule has 0 atom stereocenters. The molecule has 16 heavy (non-hydrogen) atoms. The third-order valence-corrected chi connectivity index (χ3v) is 7.45. The highest BCUT2D eigenvalue weighted by Gasteiger charge is 2.36. The van der Waals surface area contributed by atoms with E-state index < -0.39 is 20.1 Å². The molecule has 0 amide bonds. The average Bonchev–Trinajstić information content (AvgIpc) is 2.09. The molecule has 1 N–H and O–H groups in total. The van der Waals surface area contributed by atoms with Crippen molar-refractivity contribution in [1.29, 1.82) is 0 Å². The molecule has 0 rings (SSSR count). The van der Waals surface area contributed by atoms with E-state index in [4.69, 9.17) is 9.53 Å². The predicted octanol–water partition coefficient (Wildman–Crippen LogP) is 3.34. The third kappa shape index (κ3) is 4.89. The Bertz CT molecular complexity index is 279. The summed E-state index contributed by atoms with van der Waals surface area (Å²) in [6.07, 6.45) is 1.35. The van der Waals surface area contributed by atoms with E-state index in [2.05, 4.69) is 33.9 Å². The summed E-state index contributed by atoms with van der Waals surface area (Å²) in [5, 5.41) is 8.41. The molecular formula is C11H21FO3Si. The number of halogens is 1. The van der Waals surface area contributed by atoms with Gasteiger partial charge in [0.1, 0.15) is 0 Å². The van der Waals surface area contributed by atoms with E-state index in [1.165, 1.54) is 0 Å². The number of aliphatic carboxylic acids is 1. The second-order valence-corrected chi connectivity index (χ2v) is 10.1. The van der Waals surface area contributed by atoms with Crippen LogP contribution < -0.4 is 0 Å². The lowest BCUT2D eigenvalue weighted by Gasteiger charge is -2.36. The molecule has 0 bridgehead atoms. The zero-order chi connectivity index (χ0) is 13.0. The van der Waals surface area contributed by atoms with Gasteiger partial charge in [-0.25, -0.2) is 4.79 Å². The summed E-state index contributed by atoms with van der Waals surface area (Å²) in [7, 11) is -1.80. The molecule has 0 aliphatic rings. The van der Waals surface area contributed by atoms with Gasteiger partial charge in [0.25, 0.3) is 0 Å². The van der Waals surface area contributed by atoms with Crippen molar-refractivity contribution in [2.75, 3.05) is 6.61 Å². The van der Waals surface area contributed by atoms with Crippen LogP contribution in [0.15, 0.2) is 11.9 Å². The molecule has 0 fully saturated rings. The zero-order valence-corrected chi connectivity index (χ0v) is 11.6. The number of carbonyl (C=O) groups is 1. The Morgan fingerprint density at radius 2 is 1.94 bits per heavy atom. The number of rotatable bonds is 5. The molecule has 0 aromatic heterocycles. The lowest BCUT2D eigenvalue weighted by atomic mass is 10.2. The zero-order valence-electron chi connectivity index (χ0n) is 10.6. The first-order valence-corrected chi connectivity index (χ1v) is 8.21. The summed E-state index contributed by atoms with van der Waals surface area (Å²) in [5.41, 5.74) is 0. The highest BCUT2D eigenvalue weighted by molar-refractivity contribution is 6.74. The van der Waals surface area contributed by atoms with Gasteiger partial charge in [0, 0.05) is 6.61 Å². The summed E-state index contributed by atoms with van der Waals surface area (Å²) in [6, 6.07) is 0. The highest BCUT2D eigenvalue weighted by Crippen LogP contribution is 2.36. The summed E-state index contributed by atoms with van der Waals surface area (Å²) < 4.78 is 18.4. The van der Waals surface area contributed by atoms with Gasteiger partial charge in [-0.15, -0.1) is 0 Å². The van der Waals surface area contributed by atoms with E-state index in [1.807, 2.05) is 0 Å². The highest BCUT2D eigenvalue weighted by atomic mass is 28.4. The van der Waals surface area contributed by atoms with E-state index in [1.54, 1.807) is 0 Å². The first-order valence-electron chi connectivity index (χ1n) is 5.31. The van der Waals surface area contributed by atoms with Crippen LogP contribution in [-0.4, -0.2) is 26.0 Å². The van der Waals surface area contributed by atoms with Gasteiger partial charge in [-0.2, -0.15) is 4.39 Å². The standard InChI is InChI=1S/C11H21FO3Si/c1-11(2,3)16(4,5)15-8-6-7-9(12)10(13)14/h7H,6,8H2,1-5H3,(H,13,14)/b9-7-. The Kier molecular flexibility index (Phi) is 5.35. The molecule has 0 aliphatic carbocycles. The molecular weight excluding hydrogens is 227 g/mol. The fourth-order valence-corrected chi connectivity index (χ4v) is 1.86. The summed E-state index contributed by atoms with van der Waals surface area (Å²) >= 11 is 0. The van der Waals surface area contributed by atoms with Gasteiger partial charge < -0.3 is 9.53 Å². The summed E-state index contributed by atoms with van der Waals surface area (Å²) in [4.78, 5) is 10.2. The van der Waals surface area contributed by atoms with Crippen LogP contribution in [0.1, 0.15) is 27.2 Å². The van der Waals surface area contributed by atoms with E-state index in [9.17, 15) is 9.18 Å². The Hall–Kier alpha value is -0.683. The van der Waals surface area contributed by atoms with Crippen molar-refractivity contribution in [3.63, 3.8) is 0 Å². The van der Waals surface area contributed by atoms with Gasteiger partial charge in [0.15, 0.2) is 8.32 Å². The Morgan fingerprint density at radius 3 is 2.31 bits per heavy atom. The molecule has 3 nitrogen and oxygen atoms in total. The predicted molar refractivity (Wildman–Crippen MR) is 64.6 cm³/mol. The van der Waals surface area contributed by atoms with Crippen molar-refractivity contribution in [1.82, 2.24) is 0 Å². The molecule has 0 unspecified atom stereocenters. The Labute approximate surface area is 97.4 Å². The number of carboxylic acids is 1. The van der Waals surface area contributed by atoms with Crippen LogP contribution in [0.2, 0.25) is 18.1 Å². The van der Waals surface area contributed by atoms with Crippen LogP contribution in [-0.2, 0) is 9.22 Å². The van der Waals surface area contributed by atoms with Gasteiger partial charge in [-0.1, -0.05) is 20.8 Å². The molecule has 94 valence electrons. The van der Waals surface area contributed by atoms with Crippen LogP contribution in [0.4, 0.5) is 4.39 Å². The molecule has 0 radical (unpaired) electrons. The lowest BCUT2D eigenvalue weighted by molar-refractivity contribution is -0.134. The maximum Gasteiger partial charge on any atom is 0.364 e. The van der Waals surface area contributed by atoms with Gasteiger partial charge >= 0.3 is 5.97 Å². The SMILES string of the molecule is CC(C)(C)[Si](C)(C)OCC/C=C(\F)C(=O)O. The molecule has 0 aromatic carbocycles. The second kappa shape index (κ2) is 5.59. The molecule has 0 aliphatic heterocycles. The number of carboxylic acid groups (broad SMARTS) is 1. The van der Waals surface area contributed by atoms with Gasteiger partial charge in [0.05, 0.1) is 0 Å². The van der Waals surface area contributed by atoms with Gasteiger partial charge in [0.2, 0.25) is 5.83 Å². The van der Waals surface area contributed by atoms with Gasteiger partial charge in [-0.3, -0.25) is 0 Å². The van der Waals surface area contributed by atoms with Crippen molar-refractivity contribution in [3.8, 4) is 0 Å². The Morgan fingerprint density at radius 1 is 1.44 bits per heavy atom. The topological polar surface area (TPSA) is 46.5 Å². The van der Waals surface area contributed by atoms with E-state index in [0.29, 0.717) is 13.0 Å². The minimum absolute atomic E-state index is 0.113. The largest absolute Gasteiger partial charge is 0.476 e. The fraction of sp³-hybridized carbons (Fsp3) is 0.727. The fourth-order valence-electron chi connectivity index (χ4n) is 0.804. The number of hydrogen-bond donors (Lipinski definition) is 1. The monoisotopic (exact) mass is 248 g/mol. The van der Waals surface area contributed by atoms with Crippen LogP contribution >= 0.6 is 0 Å². The maximum atomic E-state index is 12.6. The van der Waals surface area contributed by atoms with Gasteiger partial charge in [-0.05, 0) is 30.6 Å². The van der Waals surface area contributed by atoms with Crippen molar-refractivity contribution < 1.29 is 18.7 Å². The van der Waals surface area contributed by atoms with Crippen LogP contribution in [0.3, 0.4) is 0 Å². The average molecular weight is 248 g/mol. The van der Waals surface area contributed by atoms with Crippen molar-refractivity contribution in [3.05, 3.63) is 11.9 Å². The lowest BCUT2D eigenvalue weighted by Crippen LogP contribution is -2.40. The minimum atomic E-state index is -1.80.